The first kappa shape index (κ1) is 8.72. The minimum atomic E-state index is -0.559. The SMILES string of the molecule is CC(C)(CCl)C(=O)NN. The summed E-state index contributed by atoms with van der Waals surface area (Å²) in [6.07, 6.45) is 0. The molecule has 0 bridgehead atoms. The number of rotatable bonds is 2. The van der Waals surface area contributed by atoms with E-state index in [1.165, 1.54) is 0 Å². The molecule has 0 heterocycles. The van der Waals surface area contributed by atoms with Crippen molar-refractivity contribution in [1.29, 1.82) is 0 Å². The van der Waals surface area contributed by atoms with Gasteiger partial charge in [0.1, 0.15) is 0 Å². The molecule has 0 aromatic rings. The number of alkyl halides is 1. The number of hydrogen-bond donors (Lipinski definition) is 2. The summed E-state index contributed by atoms with van der Waals surface area (Å²) in [6, 6.07) is 0. The van der Waals surface area contributed by atoms with E-state index in [1.54, 1.807) is 13.8 Å². The first-order valence-corrected chi connectivity index (χ1v) is 3.15. The Labute approximate surface area is 59.5 Å². The molecule has 0 aliphatic heterocycles. The Hall–Kier alpha value is -0.280. The zero-order valence-electron chi connectivity index (χ0n) is 5.57. The summed E-state index contributed by atoms with van der Waals surface area (Å²) in [5, 5.41) is 0. The van der Waals surface area contributed by atoms with E-state index in [1.807, 2.05) is 5.43 Å². The van der Waals surface area contributed by atoms with Crippen molar-refractivity contribution in [2.75, 3.05) is 5.88 Å². The smallest absolute Gasteiger partial charge is 0.240 e. The maximum Gasteiger partial charge on any atom is 0.240 e. The fourth-order valence-corrected chi connectivity index (χ4v) is 0.377. The van der Waals surface area contributed by atoms with Crippen LogP contribution in [0.2, 0.25) is 0 Å². The van der Waals surface area contributed by atoms with Crippen molar-refractivity contribution in [2.24, 2.45) is 11.3 Å². The van der Waals surface area contributed by atoms with Crippen molar-refractivity contribution in [2.45, 2.75) is 13.8 Å². The lowest BCUT2D eigenvalue weighted by Crippen LogP contribution is -2.41. The molecule has 54 valence electrons. The monoisotopic (exact) mass is 150 g/mol. The van der Waals surface area contributed by atoms with Gasteiger partial charge in [0.15, 0.2) is 0 Å². The quantitative estimate of drug-likeness (QED) is 0.257. The molecule has 0 unspecified atom stereocenters. The molecule has 0 aliphatic carbocycles. The number of nitrogens with one attached hydrogen (secondary N) is 1. The molecule has 0 saturated heterocycles. The molecule has 0 fully saturated rings. The molecule has 0 aromatic heterocycles. The topological polar surface area (TPSA) is 55.1 Å². The number of carbonyl (C=O) groups is 1. The summed E-state index contributed by atoms with van der Waals surface area (Å²) in [5.74, 6) is 4.91. The van der Waals surface area contributed by atoms with Gasteiger partial charge in [-0.3, -0.25) is 10.2 Å². The van der Waals surface area contributed by atoms with E-state index in [9.17, 15) is 4.79 Å². The Morgan fingerprint density at radius 3 is 2.33 bits per heavy atom. The summed E-state index contributed by atoms with van der Waals surface area (Å²) in [7, 11) is 0. The molecule has 0 radical (unpaired) electrons. The van der Waals surface area contributed by atoms with Crippen molar-refractivity contribution in [3.05, 3.63) is 0 Å². The van der Waals surface area contributed by atoms with Crippen LogP contribution in [0, 0.1) is 5.41 Å². The van der Waals surface area contributed by atoms with Crippen molar-refractivity contribution >= 4 is 17.5 Å². The van der Waals surface area contributed by atoms with Gasteiger partial charge in [-0.15, -0.1) is 11.6 Å². The van der Waals surface area contributed by atoms with Gasteiger partial charge in [-0.25, -0.2) is 5.84 Å². The average Bonchev–Trinajstić information content (AvgIpc) is 1.86. The Kier molecular flexibility index (Phi) is 2.94. The summed E-state index contributed by atoms with van der Waals surface area (Å²) >= 11 is 5.45. The van der Waals surface area contributed by atoms with E-state index < -0.39 is 5.41 Å². The number of hydrazine groups is 1. The number of halogens is 1. The highest BCUT2D eigenvalue weighted by molar-refractivity contribution is 6.19. The predicted molar refractivity (Wildman–Crippen MR) is 36.8 cm³/mol. The fraction of sp³-hybridized carbons (Fsp3) is 0.800. The second-order valence-electron chi connectivity index (χ2n) is 2.49. The molecule has 1 amide bonds. The van der Waals surface area contributed by atoms with Crippen LogP contribution in [0.15, 0.2) is 0 Å². The molecular formula is C5H11ClN2O. The Morgan fingerprint density at radius 1 is 1.78 bits per heavy atom. The minimum Gasteiger partial charge on any atom is -0.294 e. The van der Waals surface area contributed by atoms with Crippen LogP contribution in [0.3, 0.4) is 0 Å². The van der Waals surface area contributed by atoms with Gasteiger partial charge in [0.25, 0.3) is 0 Å². The number of amides is 1. The molecule has 9 heavy (non-hydrogen) atoms. The molecule has 0 saturated carbocycles. The average molecular weight is 151 g/mol. The third-order valence-corrected chi connectivity index (χ3v) is 1.75. The molecule has 0 aliphatic rings. The van der Waals surface area contributed by atoms with Crippen LogP contribution >= 0.6 is 11.6 Å². The summed E-state index contributed by atoms with van der Waals surface area (Å²) < 4.78 is 0. The van der Waals surface area contributed by atoms with Crippen LogP contribution in [0.25, 0.3) is 0 Å². The second-order valence-corrected chi connectivity index (χ2v) is 2.76. The van der Waals surface area contributed by atoms with Crippen LogP contribution in [0.4, 0.5) is 0 Å². The molecule has 4 heteroatoms. The first-order valence-electron chi connectivity index (χ1n) is 2.61. The Morgan fingerprint density at radius 2 is 2.22 bits per heavy atom. The van der Waals surface area contributed by atoms with E-state index in [4.69, 9.17) is 17.4 Å². The summed E-state index contributed by atoms with van der Waals surface area (Å²) in [4.78, 5) is 10.7. The van der Waals surface area contributed by atoms with Gasteiger partial charge in [0.05, 0.1) is 5.41 Å². The van der Waals surface area contributed by atoms with E-state index >= 15 is 0 Å². The number of hydrogen-bond acceptors (Lipinski definition) is 2. The van der Waals surface area contributed by atoms with E-state index in [2.05, 4.69) is 0 Å². The Balaban J connectivity index is 3.97. The van der Waals surface area contributed by atoms with Gasteiger partial charge in [-0.2, -0.15) is 0 Å². The lowest BCUT2D eigenvalue weighted by atomic mass is 9.96. The highest BCUT2D eigenvalue weighted by Gasteiger charge is 2.25. The van der Waals surface area contributed by atoms with Crippen LogP contribution in [-0.4, -0.2) is 11.8 Å². The summed E-state index contributed by atoms with van der Waals surface area (Å²) in [6.45, 7) is 3.45. The molecule has 0 atom stereocenters. The number of carbonyl (C=O) groups excluding carboxylic acids is 1. The van der Waals surface area contributed by atoms with Crippen LogP contribution in [0.5, 0.6) is 0 Å². The van der Waals surface area contributed by atoms with Crippen molar-refractivity contribution in [3.63, 3.8) is 0 Å². The molecule has 0 spiro atoms. The van der Waals surface area contributed by atoms with Crippen LogP contribution in [0.1, 0.15) is 13.8 Å². The lowest BCUT2D eigenvalue weighted by Gasteiger charge is -2.17. The summed E-state index contributed by atoms with van der Waals surface area (Å²) in [5.41, 5.74) is 1.47. The first-order chi connectivity index (χ1) is 4.04. The predicted octanol–water partition coefficient (Wildman–Crippen LogP) is 0.241. The molecule has 3 nitrogen and oxygen atoms in total. The van der Waals surface area contributed by atoms with Gasteiger partial charge in [0.2, 0.25) is 5.91 Å². The maximum atomic E-state index is 10.7. The van der Waals surface area contributed by atoms with Crippen LogP contribution in [-0.2, 0) is 4.79 Å². The van der Waals surface area contributed by atoms with Gasteiger partial charge >= 0.3 is 0 Å². The fourth-order valence-electron chi connectivity index (χ4n) is 0.256. The van der Waals surface area contributed by atoms with Gasteiger partial charge < -0.3 is 0 Å². The highest BCUT2D eigenvalue weighted by Crippen LogP contribution is 2.15. The molecule has 0 aromatic carbocycles. The molecular weight excluding hydrogens is 140 g/mol. The largest absolute Gasteiger partial charge is 0.294 e. The van der Waals surface area contributed by atoms with E-state index in [0.29, 0.717) is 0 Å². The Bertz CT molecular complexity index is 114. The third-order valence-electron chi connectivity index (χ3n) is 1.08. The van der Waals surface area contributed by atoms with Gasteiger partial charge in [-0.1, -0.05) is 0 Å². The van der Waals surface area contributed by atoms with Gasteiger partial charge in [-0.05, 0) is 13.8 Å². The van der Waals surface area contributed by atoms with Crippen molar-refractivity contribution in [3.8, 4) is 0 Å². The zero-order valence-corrected chi connectivity index (χ0v) is 6.33. The van der Waals surface area contributed by atoms with Crippen molar-refractivity contribution < 1.29 is 4.79 Å². The maximum absolute atomic E-state index is 10.7. The zero-order chi connectivity index (χ0) is 7.49. The van der Waals surface area contributed by atoms with Gasteiger partial charge in [0, 0.05) is 5.88 Å². The van der Waals surface area contributed by atoms with Crippen molar-refractivity contribution in [1.82, 2.24) is 5.43 Å². The normalized spacial score (nSPS) is 11.1. The molecule has 0 rings (SSSR count). The molecule has 3 N–H and O–H groups in total. The van der Waals surface area contributed by atoms with E-state index in [-0.39, 0.29) is 11.8 Å². The van der Waals surface area contributed by atoms with Crippen LogP contribution < -0.4 is 11.3 Å². The minimum absolute atomic E-state index is 0.238. The third kappa shape index (κ3) is 2.20. The standard InChI is InChI=1S/C5H11ClN2O/c1-5(2,3-6)4(9)8-7/h3,7H2,1-2H3,(H,8,9). The second kappa shape index (κ2) is 3.03. The number of nitrogens with two attached hydrogens (primary N) is 1. The lowest BCUT2D eigenvalue weighted by molar-refractivity contribution is -0.128. The highest BCUT2D eigenvalue weighted by atomic mass is 35.5. The van der Waals surface area contributed by atoms with E-state index in [0.717, 1.165) is 0 Å².